The van der Waals surface area contributed by atoms with Crippen molar-refractivity contribution in [2.75, 3.05) is 25.5 Å². The number of anilines is 1. The van der Waals surface area contributed by atoms with Gasteiger partial charge in [0.2, 0.25) is 0 Å². The fourth-order valence-corrected chi connectivity index (χ4v) is 2.50. The van der Waals surface area contributed by atoms with Gasteiger partial charge in [-0.3, -0.25) is 9.59 Å². The summed E-state index contributed by atoms with van der Waals surface area (Å²) in [6.07, 6.45) is -4.56. The molecule has 0 spiro atoms. The molecule has 0 aromatic heterocycles. The van der Waals surface area contributed by atoms with Crippen molar-refractivity contribution in [3.05, 3.63) is 65.7 Å². The van der Waals surface area contributed by atoms with Gasteiger partial charge in [0, 0.05) is 6.54 Å². The third-order valence-electron chi connectivity index (χ3n) is 3.76. The number of likely N-dealkylation sites (N-methyl/N-ethyl adjacent to an activating group) is 1. The molecule has 1 atom stereocenters. The minimum absolute atomic E-state index is 0.0289. The van der Waals surface area contributed by atoms with Crippen molar-refractivity contribution in [1.29, 1.82) is 0 Å². The number of benzene rings is 2. The minimum atomic E-state index is -4.56. The van der Waals surface area contributed by atoms with Gasteiger partial charge in [-0.15, -0.1) is 0 Å². The summed E-state index contributed by atoms with van der Waals surface area (Å²) in [6.45, 7) is 0.268. The molecule has 0 bridgehead atoms. The van der Waals surface area contributed by atoms with Gasteiger partial charge in [0.15, 0.2) is 13.1 Å². The van der Waals surface area contributed by atoms with Crippen molar-refractivity contribution in [2.24, 2.45) is 0 Å². The van der Waals surface area contributed by atoms with E-state index in [-0.39, 0.29) is 24.7 Å². The lowest BCUT2D eigenvalue weighted by Crippen LogP contribution is -3.11. The van der Waals surface area contributed by atoms with Crippen LogP contribution in [-0.4, -0.2) is 32.0 Å². The highest BCUT2D eigenvalue weighted by molar-refractivity contribution is 5.92. The molecule has 0 heterocycles. The Labute approximate surface area is 155 Å². The Morgan fingerprint density at radius 2 is 1.52 bits per heavy atom. The van der Waals surface area contributed by atoms with Crippen molar-refractivity contribution >= 4 is 17.5 Å². The van der Waals surface area contributed by atoms with Crippen LogP contribution in [0, 0.1) is 0 Å². The van der Waals surface area contributed by atoms with Crippen molar-refractivity contribution in [2.45, 2.75) is 12.7 Å². The van der Waals surface area contributed by atoms with Gasteiger partial charge in [-0.2, -0.15) is 13.2 Å². The van der Waals surface area contributed by atoms with E-state index in [1.165, 1.54) is 18.2 Å². The van der Waals surface area contributed by atoms with Gasteiger partial charge in [0.1, 0.15) is 0 Å². The molecule has 2 amide bonds. The first-order valence-electron chi connectivity index (χ1n) is 8.33. The van der Waals surface area contributed by atoms with Crippen LogP contribution in [0.5, 0.6) is 0 Å². The number of carbonyl (C=O) groups excluding carboxylic acids is 2. The third kappa shape index (κ3) is 6.74. The van der Waals surface area contributed by atoms with Gasteiger partial charge in [-0.05, 0) is 17.7 Å². The zero-order valence-electron chi connectivity index (χ0n) is 14.8. The lowest BCUT2D eigenvalue weighted by Gasteiger charge is -2.16. The second-order valence-electron chi connectivity index (χ2n) is 6.16. The van der Waals surface area contributed by atoms with E-state index in [4.69, 9.17) is 0 Å². The summed E-state index contributed by atoms with van der Waals surface area (Å²) in [4.78, 5) is 24.5. The van der Waals surface area contributed by atoms with E-state index in [0.717, 1.165) is 11.6 Å². The molecule has 0 aliphatic heterocycles. The molecule has 0 saturated heterocycles. The average molecular weight is 380 g/mol. The van der Waals surface area contributed by atoms with Crippen LogP contribution in [0.3, 0.4) is 0 Å². The van der Waals surface area contributed by atoms with Crippen LogP contribution in [0.4, 0.5) is 18.9 Å². The Morgan fingerprint density at radius 3 is 2.19 bits per heavy atom. The average Bonchev–Trinajstić information content (AvgIpc) is 2.60. The first-order chi connectivity index (χ1) is 12.8. The van der Waals surface area contributed by atoms with Crippen LogP contribution >= 0.6 is 0 Å². The summed E-state index contributed by atoms with van der Waals surface area (Å²) in [5, 5.41) is 5.01. The SMILES string of the molecule is C[NH+](CC(=O)NCc1ccccc1)CC(=O)Nc1ccccc1C(F)(F)F. The summed E-state index contributed by atoms with van der Waals surface area (Å²) in [5.41, 5.74) is -0.252. The molecule has 2 aromatic carbocycles. The summed E-state index contributed by atoms with van der Waals surface area (Å²) >= 11 is 0. The predicted octanol–water partition coefficient (Wildman–Crippen LogP) is 1.48. The molecule has 2 aromatic rings. The lowest BCUT2D eigenvalue weighted by molar-refractivity contribution is -0.862. The third-order valence-corrected chi connectivity index (χ3v) is 3.76. The summed E-state index contributed by atoms with van der Waals surface area (Å²) in [6, 6.07) is 14.1. The zero-order valence-corrected chi connectivity index (χ0v) is 14.8. The van der Waals surface area contributed by atoms with E-state index in [1.54, 1.807) is 7.05 Å². The van der Waals surface area contributed by atoms with Crippen molar-refractivity contribution in [3.8, 4) is 0 Å². The van der Waals surface area contributed by atoms with Gasteiger partial charge < -0.3 is 15.5 Å². The molecule has 8 heteroatoms. The molecule has 0 saturated carbocycles. The molecule has 0 aliphatic rings. The van der Waals surface area contributed by atoms with Crippen molar-refractivity contribution in [3.63, 3.8) is 0 Å². The smallest absolute Gasteiger partial charge is 0.347 e. The molecule has 5 nitrogen and oxygen atoms in total. The molecule has 3 N–H and O–H groups in total. The number of halogens is 3. The van der Waals surface area contributed by atoms with Crippen LogP contribution in [0.2, 0.25) is 0 Å². The Kier molecular flexibility index (Phi) is 6.95. The zero-order chi connectivity index (χ0) is 19.9. The van der Waals surface area contributed by atoms with E-state index in [1.807, 2.05) is 30.3 Å². The number of quaternary nitrogens is 1. The lowest BCUT2D eigenvalue weighted by atomic mass is 10.1. The monoisotopic (exact) mass is 380 g/mol. The Balaban J connectivity index is 1.83. The first kappa shape index (κ1) is 20.4. The second-order valence-corrected chi connectivity index (χ2v) is 6.16. The van der Waals surface area contributed by atoms with Crippen LogP contribution < -0.4 is 15.5 Å². The fraction of sp³-hybridized carbons (Fsp3) is 0.263. The fourth-order valence-electron chi connectivity index (χ4n) is 2.50. The molecule has 0 fully saturated rings. The topological polar surface area (TPSA) is 62.6 Å². The molecule has 1 unspecified atom stereocenters. The van der Waals surface area contributed by atoms with Gasteiger partial charge >= 0.3 is 6.18 Å². The molecular formula is C19H21F3N3O2+. The number of nitrogens with one attached hydrogen (secondary N) is 3. The van der Waals surface area contributed by atoms with Crippen LogP contribution in [-0.2, 0) is 22.3 Å². The number of amides is 2. The maximum atomic E-state index is 12.9. The second kappa shape index (κ2) is 9.18. The Morgan fingerprint density at radius 1 is 0.926 bits per heavy atom. The number of para-hydroxylation sites is 1. The van der Waals surface area contributed by atoms with Crippen LogP contribution in [0.1, 0.15) is 11.1 Å². The highest BCUT2D eigenvalue weighted by Crippen LogP contribution is 2.34. The summed E-state index contributed by atoms with van der Waals surface area (Å²) < 4.78 is 38.8. The number of alkyl halides is 3. The first-order valence-corrected chi connectivity index (χ1v) is 8.33. The number of carbonyl (C=O) groups is 2. The Bertz CT molecular complexity index is 779. The molecular weight excluding hydrogens is 359 g/mol. The maximum Gasteiger partial charge on any atom is 0.418 e. The van der Waals surface area contributed by atoms with Crippen LogP contribution in [0.25, 0.3) is 0 Å². The number of rotatable bonds is 7. The van der Waals surface area contributed by atoms with Gasteiger partial charge in [0.25, 0.3) is 11.8 Å². The van der Waals surface area contributed by atoms with Crippen LogP contribution in [0.15, 0.2) is 54.6 Å². The Hall–Kier alpha value is -2.87. The van der Waals surface area contributed by atoms with Gasteiger partial charge in [0.05, 0.1) is 18.3 Å². The van der Waals surface area contributed by atoms with E-state index in [2.05, 4.69) is 10.6 Å². The summed E-state index contributed by atoms with van der Waals surface area (Å²) in [7, 11) is 1.62. The largest absolute Gasteiger partial charge is 0.418 e. The van der Waals surface area contributed by atoms with E-state index in [9.17, 15) is 22.8 Å². The predicted molar refractivity (Wildman–Crippen MR) is 95.0 cm³/mol. The quantitative estimate of drug-likeness (QED) is 0.681. The molecule has 144 valence electrons. The molecule has 2 rings (SSSR count). The highest BCUT2D eigenvalue weighted by Gasteiger charge is 2.33. The molecule has 27 heavy (non-hydrogen) atoms. The number of hydrogen-bond donors (Lipinski definition) is 3. The van der Waals surface area contributed by atoms with E-state index < -0.39 is 17.6 Å². The maximum absolute atomic E-state index is 12.9. The minimum Gasteiger partial charge on any atom is -0.347 e. The summed E-state index contributed by atoms with van der Waals surface area (Å²) in [5.74, 6) is -0.847. The molecule has 0 aliphatic carbocycles. The van der Waals surface area contributed by atoms with Gasteiger partial charge in [-0.1, -0.05) is 42.5 Å². The van der Waals surface area contributed by atoms with Crippen molar-refractivity contribution in [1.82, 2.24) is 5.32 Å². The van der Waals surface area contributed by atoms with Crippen molar-refractivity contribution < 1.29 is 27.7 Å². The van der Waals surface area contributed by atoms with E-state index in [0.29, 0.717) is 11.4 Å². The molecule has 0 radical (unpaired) electrons. The highest BCUT2D eigenvalue weighted by atomic mass is 19.4. The van der Waals surface area contributed by atoms with Gasteiger partial charge in [-0.25, -0.2) is 0 Å². The van der Waals surface area contributed by atoms with E-state index >= 15 is 0 Å². The standard InChI is InChI=1S/C19H20F3N3O2/c1-25(12-17(26)23-11-14-7-3-2-4-8-14)13-18(27)24-16-10-6-5-9-15(16)19(20,21)22/h2-10H,11-13H2,1H3,(H,23,26)(H,24,27)/p+1. The normalized spacial score (nSPS) is 12.3. The number of hydrogen-bond acceptors (Lipinski definition) is 2.